The predicted octanol–water partition coefficient (Wildman–Crippen LogP) is 2.22. The lowest BCUT2D eigenvalue weighted by molar-refractivity contribution is 0.0594. The molecule has 0 atom stereocenters. The van der Waals surface area contributed by atoms with Crippen LogP contribution in [0.15, 0.2) is 36.4 Å². The number of rotatable bonds is 4. The zero-order valence-corrected chi connectivity index (χ0v) is 18.2. The Balaban J connectivity index is 0.00000231. The molecular weight excluding hydrogens is 416 g/mol. The monoisotopic (exact) mass is 442 g/mol. The molecular formula is C22H26N4O4S. The Morgan fingerprint density at radius 2 is 1.87 bits per heavy atom. The number of hydrogen-bond donors (Lipinski definition) is 0. The number of ether oxygens (including phenoxy) is 1. The number of carbonyl (C=O) groups excluding carboxylic acids is 1. The average molecular weight is 443 g/mol. The first-order valence-corrected chi connectivity index (χ1v) is 11.8. The van der Waals surface area contributed by atoms with Crippen molar-refractivity contribution in [3.05, 3.63) is 47.8 Å². The maximum atomic E-state index is 12.4. The Bertz CT molecular complexity index is 1120. The van der Waals surface area contributed by atoms with E-state index in [0.29, 0.717) is 36.2 Å². The number of para-hydroxylation sites is 1. The van der Waals surface area contributed by atoms with Gasteiger partial charge in [0.2, 0.25) is 0 Å². The largest absolute Gasteiger partial charge is 0.464 e. The number of benzene rings is 1. The van der Waals surface area contributed by atoms with Crippen LogP contribution in [0.4, 0.5) is 5.69 Å². The molecule has 3 heterocycles. The van der Waals surface area contributed by atoms with Crippen LogP contribution in [0, 0.1) is 0 Å². The van der Waals surface area contributed by atoms with E-state index in [0.717, 1.165) is 35.3 Å². The van der Waals surface area contributed by atoms with Crippen LogP contribution in [0.2, 0.25) is 0 Å². The van der Waals surface area contributed by atoms with E-state index in [1.807, 2.05) is 41.1 Å². The molecule has 0 spiro atoms. The maximum Gasteiger partial charge on any atom is 0.356 e. The summed E-state index contributed by atoms with van der Waals surface area (Å²) in [7, 11) is 0.584. The van der Waals surface area contributed by atoms with Crippen molar-refractivity contribution in [3.63, 3.8) is 0 Å². The van der Waals surface area contributed by atoms with Gasteiger partial charge in [-0.15, -0.1) is 0 Å². The van der Waals surface area contributed by atoms with E-state index in [4.69, 9.17) is 14.8 Å². The Hall–Kier alpha value is -2.78. The first kappa shape index (κ1) is 21.5. The zero-order valence-electron chi connectivity index (χ0n) is 17.4. The molecule has 0 radical (unpaired) electrons. The number of esters is 1. The summed E-state index contributed by atoms with van der Waals surface area (Å²) in [5.74, 6) is 1.19. The summed E-state index contributed by atoms with van der Waals surface area (Å²) in [4.78, 5) is 19.3. The molecule has 1 aliphatic carbocycles. The molecule has 8 nitrogen and oxygen atoms in total. The molecule has 1 saturated heterocycles. The second-order valence-electron chi connectivity index (χ2n) is 7.81. The van der Waals surface area contributed by atoms with Crippen LogP contribution in [-0.2, 0) is 15.5 Å². The molecule has 3 aromatic rings. The summed E-state index contributed by atoms with van der Waals surface area (Å²) in [5, 5.41) is 6.00. The molecule has 1 aliphatic heterocycles. The van der Waals surface area contributed by atoms with Gasteiger partial charge < -0.3 is 15.1 Å². The third kappa shape index (κ3) is 3.83. The normalized spacial score (nSPS) is 17.3. The second-order valence-corrected chi connectivity index (χ2v) is 9.51. The van der Waals surface area contributed by atoms with Crippen LogP contribution in [0.25, 0.3) is 16.7 Å². The third-order valence-corrected chi connectivity index (χ3v) is 7.33. The minimum Gasteiger partial charge on any atom is -0.464 e. The van der Waals surface area contributed by atoms with E-state index in [-0.39, 0.29) is 11.2 Å². The number of anilines is 1. The Labute approximate surface area is 183 Å². The topological polar surface area (TPSA) is 109 Å². The van der Waals surface area contributed by atoms with E-state index in [9.17, 15) is 9.00 Å². The first-order valence-electron chi connectivity index (χ1n) is 10.3. The highest BCUT2D eigenvalue weighted by molar-refractivity contribution is 7.85. The Morgan fingerprint density at radius 3 is 2.48 bits per heavy atom. The summed E-state index contributed by atoms with van der Waals surface area (Å²) < 4.78 is 18.8. The summed E-state index contributed by atoms with van der Waals surface area (Å²) in [5.41, 5.74) is 3.84. The van der Waals surface area contributed by atoms with Gasteiger partial charge >= 0.3 is 5.97 Å². The molecule has 0 unspecified atom stereocenters. The van der Waals surface area contributed by atoms with E-state index in [1.54, 1.807) is 0 Å². The highest BCUT2D eigenvalue weighted by atomic mass is 32.2. The maximum absolute atomic E-state index is 12.4. The van der Waals surface area contributed by atoms with Crippen LogP contribution >= 0.6 is 0 Å². The summed E-state index contributed by atoms with van der Waals surface area (Å²) in [6.07, 6.45) is 3.43. The van der Waals surface area contributed by atoms with Crippen LogP contribution < -0.4 is 4.90 Å². The molecule has 1 saturated carbocycles. The standard InChI is InChI=1S/C22H24N4O3S.H2O/c1-29-22(27)17-14-18(25-10-12-30(28)13-11-25)19-20(15-6-5-7-15)24-26(21(19)23-17)16-8-3-2-4-9-16;/h2-4,8-9,14-15H,5-7,10-13H2,1H3;1H2. The highest BCUT2D eigenvalue weighted by Crippen LogP contribution is 2.42. The number of carbonyl (C=O) groups is 1. The van der Waals surface area contributed by atoms with Crippen molar-refractivity contribution >= 4 is 33.5 Å². The molecule has 0 bridgehead atoms. The number of hydrogen-bond acceptors (Lipinski definition) is 6. The lowest BCUT2D eigenvalue weighted by Crippen LogP contribution is -2.38. The van der Waals surface area contributed by atoms with Gasteiger partial charge in [0, 0.05) is 41.3 Å². The van der Waals surface area contributed by atoms with Crippen molar-refractivity contribution in [2.24, 2.45) is 0 Å². The molecule has 2 aliphatic rings. The fourth-order valence-corrected chi connectivity index (χ4v) is 5.23. The highest BCUT2D eigenvalue weighted by Gasteiger charge is 2.31. The second kappa shape index (κ2) is 8.76. The van der Waals surface area contributed by atoms with E-state index < -0.39 is 16.8 Å². The average Bonchev–Trinajstić information content (AvgIpc) is 3.11. The van der Waals surface area contributed by atoms with Crippen LogP contribution in [0.5, 0.6) is 0 Å². The predicted molar refractivity (Wildman–Crippen MR) is 120 cm³/mol. The lowest BCUT2D eigenvalue weighted by atomic mass is 9.82. The van der Waals surface area contributed by atoms with Gasteiger partial charge in [-0.05, 0) is 31.0 Å². The summed E-state index contributed by atoms with van der Waals surface area (Å²) in [6.45, 7) is 1.37. The number of fused-ring (bicyclic) bond motifs is 1. The van der Waals surface area contributed by atoms with Crippen molar-refractivity contribution in [2.75, 3.05) is 36.6 Å². The number of aromatic nitrogens is 3. The van der Waals surface area contributed by atoms with E-state index in [1.165, 1.54) is 13.5 Å². The number of pyridine rings is 1. The van der Waals surface area contributed by atoms with Crippen molar-refractivity contribution in [3.8, 4) is 5.69 Å². The molecule has 2 fully saturated rings. The van der Waals surface area contributed by atoms with Gasteiger partial charge in [-0.1, -0.05) is 24.6 Å². The fourth-order valence-electron chi connectivity index (χ4n) is 4.18. The van der Waals surface area contributed by atoms with Crippen molar-refractivity contribution < 1.29 is 19.2 Å². The quantitative estimate of drug-likeness (QED) is 0.573. The fraction of sp³-hybridized carbons (Fsp3) is 0.409. The van der Waals surface area contributed by atoms with Crippen molar-refractivity contribution in [2.45, 2.75) is 25.2 Å². The minimum absolute atomic E-state index is 0. The van der Waals surface area contributed by atoms with Crippen LogP contribution in [-0.4, -0.2) is 62.1 Å². The van der Waals surface area contributed by atoms with Crippen LogP contribution in [0.1, 0.15) is 41.4 Å². The van der Waals surface area contributed by atoms with E-state index >= 15 is 0 Å². The molecule has 0 amide bonds. The van der Waals surface area contributed by atoms with Gasteiger partial charge in [0.1, 0.15) is 0 Å². The van der Waals surface area contributed by atoms with Crippen molar-refractivity contribution in [1.29, 1.82) is 0 Å². The molecule has 5 rings (SSSR count). The molecule has 2 aromatic heterocycles. The first-order chi connectivity index (χ1) is 14.7. The van der Waals surface area contributed by atoms with Gasteiger partial charge in [-0.3, -0.25) is 4.21 Å². The van der Waals surface area contributed by atoms with Gasteiger partial charge in [-0.2, -0.15) is 5.10 Å². The van der Waals surface area contributed by atoms with Gasteiger partial charge in [0.15, 0.2) is 11.3 Å². The lowest BCUT2D eigenvalue weighted by Gasteiger charge is -2.30. The Morgan fingerprint density at radius 1 is 1.16 bits per heavy atom. The molecule has 1 aromatic carbocycles. The summed E-state index contributed by atoms with van der Waals surface area (Å²) in [6, 6.07) is 11.7. The minimum atomic E-state index is -0.783. The number of nitrogens with zero attached hydrogens (tertiary/aromatic N) is 4. The molecule has 9 heteroatoms. The number of methoxy groups -OCH3 is 1. The van der Waals surface area contributed by atoms with Crippen LogP contribution in [0.3, 0.4) is 0 Å². The smallest absolute Gasteiger partial charge is 0.356 e. The molecule has 31 heavy (non-hydrogen) atoms. The summed E-state index contributed by atoms with van der Waals surface area (Å²) >= 11 is 0. The zero-order chi connectivity index (χ0) is 20.7. The molecule has 2 N–H and O–H groups in total. The van der Waals surface area contributed by atoms with Gasteiger partial charge in [0.05, 0.1) is 29.6 Å². The van der Waals surface area contributed by atoms with Gasteiger partial charge in [0.25, 0.3) is 0 Å². The Kier molecular flexibility index (Phi) is 6.06. The van der Waals surface area contributed by atoms with Crippen molar-refractivity contribution in [1.82, 2.24) is 14.8 Å². The molecule has 164 valence electrons. The van der Waals surface area contributed by atoms with Gasteiger partial charge in [-0.25, -0.2) is 14.5 Å². The SMILES string of the molecule is COC(=O)c1cc(N2CCS(=O)CC2)c2c(C3CCC3)nn(-c3ccccc3)c2n1.O. The van der Waals surface area contributed by atoms with E-state index in [2.05, 4.69) is 4.90 Å². The third-order valence-electron chi connectivity index (χ3n) is 6.05.